The first kappa shape index (κ1) is 21.6. The molecule has 174 valence electrons. The zero-order chi connectivity index (χ0) is 22.8. The molecule has 1 atom stereocenters. The summed E-state index contributed by atoms with van der Waals surface area (Å²) in [6.45, 7) is 6.29. The molecule has 3 aromatic rings. The van der Waals surface area contributed by atoms with Gasteiger partial charge in [-0.2, -0.15) is 15.1 Å². The van der Waals surface area contributed by atoms with Gasteiger partial charge in [0.25, 0.3) is 5.91 Å². The number of piperidine rings is 1. The van der Waals surface area contributed by atoms with E-state index in [1.165, 1.54) is 12.8 Å². The fourth-order valence-corrected chi connectivity index (χ4v) is 4.20. The maximum atomic E-state index is 12.8. The number of aromatic nitrogens is 5. The van der Waals surface area contributed by atoms with Gasteiger partial charge in [-0.1, -0.05) is 6.92 Å². The Morgan fingerprint density at radius 2 is 2.09 bits per heavy atom. The van der Waals surface area contributed by atoms with Gasteiger partial charge in [0.05, 0.1) is 12.3 Å². The Hall–Kier alpha value is -3.23. The molecule has 1 saturated heterocycles. The molecular formula is C24H31N7O2. The summed E-state index contributed by atoms with van der Waals surface area (Å²) in [7, 11) is 0. The van der Waals surface area contributed by atoms with Crippen molar-refractivity contribution < 1.29 is 9.53 Å². The second kappa shape index (κ2) is 9.33. The summed E-state index contributed by atoms with van der Waals surface area (Å²) in [5.74, 6) is 1.51. The van der Waals surface area contributed by atoms with Gasteiger partial charge in [0.2, 0.25) is 0 Å². The molecule has 1 saturated carbocycles. The van der Waals surface area contributed by atoms with Crippen LogP contribution in [0.1, 0.15) is 68.1 Å². The number of pyridine rings is 1. The first-order chi connectivity index (χ1) is 16.1. The molecule has 0 radical (unpaired) electrons. The minimum absolute atomic E-state index is 0.0839. The van der Waals surface area contributed by atoms with Crippen molar-refractivity contribution in [3.63, 3.8) is 0 Å². The maximum Gasteiger partial charge on any atom is 0.319 e. The van der Waals surface area contributed by atoms with Crippen molar-refractivity contribution >= 4 is 22.8 Å². The minimum Gasteiger partial charge on any atom is -0.463 e. The summed E-state index contributed by atoms with van der Waals surface area (Å²) in [6.07, 6.45) is 6.91. The summed E-state index contributed by atoms with van der Waals surface area (Å²) in [5, 5.41) is 11.7. The maximum absolute atomic E-state index is 12.8. The Morgan fingerprint density at radius 1 is 1.27 bits per heavy atom. The summed E-state index contributed by atoms with van der Waals surface area (Å²) in [6, 6.07) is 6.19. The highest BCUT2D eigenvalue weighted by Crippen LogP contribution is 2.33. The van der Waals surface area contributed by atoms with Gasteiger partial charge in [-0.3, -0.25) is 9.89 Å². The number of fused-ring (bicyclic) bond motifs is 1. The van der Waals surface area contributed by atoms with Crippen LogP contribution < -0.4 is 15.0 Å². The number of H-pyrrole nitrogens is 1. The lowest BCUT2D eigenvalue weighted by Crippen LogP contribution is -2.35. The number of amides is 1. The quantitative estimate of drug-likeness (QED) is 0.542. The summed E-state index contributed by atoms with van der Waals surface area (Å²) in [4.78, 5) is 28.4. The molecular weight excluding hydrogens is 418 g/mol. The average Bonchev–Trinajstić information content (AvgIpc) is 3.59. The largest absolute Gasteiger partial charge is 0.463 e. The van der Waals surface area contributed by atoms with E-state index in [-0.39, 0.29) is 11.9 Å². The molecule has 0 spiro atoms. The normalized spacial score (nSPS) is 17.8. The zero-order valence-electron chi connectivity index (χ0n) is 19.3. The van der Waals surface area contributed by atoms with E-state index in [0.717, 1.165) is 54.9 Å². The van der Waals surface area contributed by atoms with Crippen LogP contribution in [0.2, 0.25) is 0 Å². The van der Waals surface area contributed by atoms with Gasteiger partial charge in [-0.25, -0.2) is 4.98 Å². The van der Waals surface area contributed by atoms with E-state index in [0.29, 0.717) is 30.1 Å². The van der Waals surface area contributed by atoms with Crippen LogP contribution in [0.4, 0.5) is 5.82 Å². The first-order valence-corrected chi connectivity index (χ1v) is 12.0. The van der Waals surface area contributed by atoms with Gasteiger partial charge in [-0.15, -0.1) is 0 Å². The summed E-state index contributed by atoms with van der Waals surface area (Å²) < 4.78 is 5.86. The Balaban J connectivity index is 1.32. The number of carbonyl (C=O) groups is 1. The van der Waals surface area contributed by atoms with Crippen molar-refractivity contribution in [1.29, 1.82) is 0 Å². The molecule has 1 aliphatic heterocycles. The minimum atomic E-state index is -0.186. The Labute approximate surface area is 193 Å². The van der Waals surface area contributed by atoms with Crippen LogP contribution in [0.5, 0.6) is 6.01 Å². The van der Waals surface area contributed by atoms with Crippen molar-refractivity contribution in [2.75, 3.05) is 24.6 Å². The van der Waals surface area contributed by atoms with Crippen LogP contribution in [0.25, 0.3) is 11.0 Å². The van der Waals surface area contributed by atoms with Crippen LogP contribution in [-0.2, 0) is 0 Å². The van der Waals surface area contributed by atoms with Crippen LogP contribution in [-0.4, -0.2) is 56.8 Å². The zero-order valence-corrected chi connectivity index (χ0v) is 19.3. The third-order valence-electron chi connectivity index (χ3n) is 6.63. The average molecular weight is 450 g/mol. The fourth-order valence-electron chi connectivity index (χ4n) is 4.20. The third-order valence-corrected chi connectivity index (χ3v) is 6.63. The molecule has 9 nitrogen and oxygen atoms in total. The standard InChI is InChI=1S/C24H31N7O2/c1-3-15(2)26-23(32)19-13-20(28-24(27-19)33-14-16-6-7-16)31-11-8-17(9-12-31)21-18-5-4-10-25-22(18)30-29-21/h4-5,10,13,15-17H,3,6-9,11-12,14H2,1-2H3,(H,26,32)(H,25,29,30)/t15-/m1/s1. The second-order valence-electron chi connectivity index (χ2n) is 9.20. The number of carbonyl (C=O) groups excluding carboxylic acids is 1. The predicted molar refractivity (Wildman–Crippen MR) is 126 cm³/mol. The monoisotopic (exact) mass is 449 g/mol. The van der Waals surface area contributed by atoms with Gasteiger partial charge in [0.15, 0.2) is 5.65 Å². The number of aromatic amines is 1. The molecule has 3 aromatic heterocycles. The fraction of sp³-hybridized carbons (Fsp3) is 0.542. The van der Waals surface area contributed by atoms with Crippen LogP contribution in [0.3, 0.4) is 0 Å². The van der Waals surface area contributed by atoms with Crippen molar-refractivity contribution in [3.05, 3.63) is 35.8 Å². The number of nitrogens with zero attached hydrogens (tertiary/aromatic N) is 5. The molecule has 9 heteroatoms. The van der Waals surface area contributed by atoms with E-state index in [1.807, 2.05) is 19.9 Å². The molecule has 4 heterocycles. The van der Waals surface area contributed by atoms with E-state index in [9.17, 15) is 4.79 Å². The second-order valence-corrected chi connectivity index (χ2v) is 9.20. The SMILES string of the molecule is CC[C@@H](C)NC(=O)c1cc(N2CCC(c3n[nH]c4ncccc34)CC2)nc(OCC2CC2)n1. The molecule has 2 aliphatic rings. The van der Waals surface area contributed by atoms with E-state index < -0.39 is 0 Å². The first-order valence-electron chi connectivity index (χ1n) is 12.0. The summed E-state index contributed by atoms with van der Waals surface area (Å²) in [5.41, 5.74) is 2.28. The van der Waals surface area contributed by atoms with Gasteiger partial charge in [-0.05, 0) is 57.1 Å². The van der Waals surface area contributed by atoms with Gasteiger partial charge >= 0.3 is 6.01 Å². The number of rotatable bonds is 8. The third kappa shape index (κ3) is 4.91. The molecule has 2 N–H and O–H groups in total. The Morgan fingerprint density at radius 3 is 2.85 bits per heavy atom. The predicted octanol–water partition coefficient (Wildman–Crippen LogP) is 3.45. The van der Waals surface area contributed by atoms with Crippen LogP contribution in [0.15, 0.2) is 24.4 Å². The van der Waals surface area contributed by atoms with Crippen molar-refractivity contribution in [2.45, 2.75) is 57.9 Å². The number of ether oxygens (including phenoxy) is 1. The molecule has 0 bridgehead atoms. The van der Waals surface area contributed by atoms with Crippen molar-refractivity contribution in [3.8, 4) is 6.01 Å². The lowest BCUT2D eigenvalue weighted by atomic mass is 9.92. The Bertz CT molecular complexity index is 1120. The lowest BCUT2D eigenvalue weighted by molar-refractivity contribution is 0.0932. The van der Waals surface area contributed by atoms with E-state index in [2.05, 4.69) is 41.4 Å². The highest BCUT2D eigenvalue weighted by molar-refractivity contribution is 5.93. The molecule has 1 amide bonds. The topological polar surface area (TPSA) is 109 Å². The van der Waals surface area contributed by atoms with E-state index in [4.69, 9.17) is 4.74 Å². The van der Waals surface area contributed by atoms with Gasteiger partial charge in [0, 0.05) is 42.7 Å². The van der Waals surface area contributed by atoms with Crippen LogP contribution in [0, 0.1) is 5.92 Å². The molecule has 0 unspecified atom stereocenters. The Kier molecular flexibility index (Phi) is 6.11. The van der Waals surface area contributed by atoms with Crippen molar-refractivity contribution in [1.82, 2.24) is 30.5 Å². The van der Waals surface area contributed by atoms with Crippen molar-refractivity contribution in [2.24, 2.45) is 5.92 Å². The molecule has 5 rings (SSSR count). The van der Waals surface area contributed by atoms with Crippen LogP contribution >= 0.6 is 0 Å². The smallest absolute Gasteiger partial charge is 0.319 e. The number of anilines is 1. The summed E-state index contributed by atoms with van der Waals surface area (Å²) >= 11 is 0. The van der Waals surface area contributed by atoms with Gasteiger partial charge in [0.1, 0.15) is 11.5 Å². The highest BCUT2D eigenvalue weighted by Gasteiger charge is 2.27. The molecule has 2 fully saturated rings. The van der Waals surface area contributed by atoms with Gasteiger partial charge < -0.3 is 15.0 Å². The number of hydrogen-bond donors (Lipinski definition) is 2. The van der Waals surface area contributed by atoms with E-state index >= 15 is 0 Å². The van der Waals surface area contributed by atoms with E-state index in [1.54, 1.807) is 12.3 Å². The number of nitrogens with one attached hydrogen (secondary N) is 2. The molecule has 0 aromatic carbocycles. The lowest BCUT2D eigenvalue weighted by Gasteiger charge is -2.32. The molecule has 33 heavy (non-hydrogen) atoms. The number of hydrogen-bond acceptors (Lipinski definition) is 7. The highest BCUT2D eigenvalue weighted by atomic mass is 16.5. The molecule has 1 aliphatic carbocycles.